The molecular weight excluding hydrogens is 234 g/mol. The van der Waals surface area contributed by atoms with Crippen LogP contribution in [0.5, 0.6) is 0 Å². The summed E-state index contributed by atoms with van der Waals surface area (Å²) < 4.78 is 0. The van der Waals surface area contributed by atoms with Gasteiger partial charge in [0, 0.05) is 17.8 Å². The maximum atomic E-state index is 9.27. The van der Waals surface area contributed by atoms with E-state index in [1.165, 1.54) is 0 Å². The van der Waals surface area contributed by atoms with E-state index < -0.39 is 0 Å². The molecule has 0 amide bonds. The Balaban J connectivity index is 2.56. The van der Waals surface area contributed by atoms with Gasteiger partial charge in [-0.2, -0.15) is 0 Å². The molecule has 0 saturated heterocycles. The minimum atomic E-state index is 0.0560. The highest BCUT2D eigenvalue weighted by Gasteiger charge is 2.22. The second-order valence-electron chi connectivity index (χ2n) is 4.42. The number of hydrogen-bond donors (Lipinski definition) is 1. The Morgan fingerprint density at radius 1 is 1.32 bits per heavy atom. The molecule has 0 radical (unpaired) electrons. The van der Waals surface area contributed by atoms with E-state index >= 15 is 0 Å². The van der Waals surface area contributed by atoms with Crippen molar-refractivity contribution in [3.05, 3.63) is 65.4 Å². The first-order chi connectivity index (χ1) is 9.19. The number of nitrogens with zero attached hydrogens (tertiary/aromatic N) is 1. The summed E-state index contributed by atoms with van der Waals surface area (Å²) in [6.07, 6.45) is 7.48. The molecule has 0 unspecified atom stereocenters. The summed E-state index contributed by atoms with van der Waals surface area (Å²) in [6, 6.07) is 10.1. The zero-order valence-electron chi connectivity index (χ0n) is 11.1. The highest BCUT2D eigenvalue weighted by Crippen LogP contribution is 2.33. The van der Waals surface area contributed by atoms with Gasteiger partial charge in [0.25, 0.3) is 0 Å². The molecule has 1 aliphatic rings. The molecule has 2 rings (SSSR count). The molecule has 0 bridgehead atoms. The Hall–Kier alpha value is -2.24. The molecule has 19 heavy (non-hydrogen) atoms. The predicted octanol–water partition coefficient (Wildman–Crippen LogP) is 2.80. The number of aliphatic hydroxyl groups excluding tert-OH is 1. The first kappa shape index (κ1) is 13.2. The average Bonchev–Trinajstić information content (AvgIpc) is 2.44. The lowest BCUT2D eigenvalue weighted by molar-refractivity contribution is 0.262. The lowest BCUT2D eigenvalue weighted by atomic mass is 9.97. The quantitative estimate of drug-likeness (QED) is 0.835. The van der Waals surface area contributed by atoms with Crippen LogP contribution in [-0.4, -0.2) is 23.2 Å². The van der Waals surface area contributed by atoms with Gasteiger partial charge in [-0.15, -0.1) is 6.42 Å². The molecule has 1 aromatic rings. The minimum Gasteiger partial charge on any atom is -0.395 e. The summed E-state index contributed by atoms with van der Waals surface area (Å²) in [5, 5.41) is 9.27. The molecule has 1 aromatic carbocycles. The lowest BCUT2D eigenvalue weighted by Crippen LogP contribution is -2.28. The number of β-amino-alcohol motifs (C(OH)–C–C–N with tert-alkyl or cyclic N) is 1. The third-order valence-corrected chi connectivity index (χ3v) is 3.17. The Bertz CT molecular complexity index is 587. The van der Waals surface area contributed by atoms with Gasteiger partial charge in [-0.05, 0) is 24.1 Å². The monoisotopic (exact) mass is 251 g/mol. The van der Waals surface area contributed by atoms with Crippen LogP contribution in [-0.2, 0) is 0 Å². The van der Waals surface area contributed by atoms with E-state index in [0.29, 0.717) is 6.54 Å². The maximum Gasteiger partial charge on any atom is 0.0610 e. The van der Waals surface area contributed by atoms with Crippen LogP contribution in [0.4, 0.5) is 0 Å². The standard InChI is InChI=1S/C17H17NO/c1-4-15-12-13(2)17(16-8-6-5-7-9-16)18(10-11-19)14(15)3/h1,5-9,12,19H,3,10-11H2,2H3. The highest BCUT2D eigenvalue weighted by molar-refractivity contribution is 5.75. The van der Waals surface area contributed by atoms with Crippen molar-refractivity contribution in [2.24, 2.45) is 0 Å². The van der Waals surface area contributed by atoms with Gasteiger partial charge in [0.1, 0.15) is 0 Å². The fourth-order valence-electron chi connectivity index (χ4n) is 2.31. The van der Waals surface area contributed by atoms with E-state index in [-0.39, 0.29) is 6.61 Å². The van der Waals surface area contributed by atoms with Gasteiger partial charge in [0.15, 0.2) is 0 Å². The third-order valence-electron chi connectivity index (χ3n) is 3.17. The fraction of sp³-hybridized carbons (Fsp3) is 0.176. The van der Waals surface area contributed by atoms with Gasteiger partial charge in [-0.3, -0.25) is 0 Å². The Morgan fingerprint density at radius 3 is 2.58 bits per heavy atom. The average molecular weight is 251 g/mol. The molecule has 0 aromatic heterocycles. The SMILES string of the molecule is C#CC1=CC(C)=C(c2ccccc2)N(CCO)C1=C. The number of rotatable bonds is 3. The molecule has 1 aliphatic heterocycles. The summed E-state index contributed by atoms with van der Waals surface area (Å²) in [5.74, 6) is 2.65. The third kappa shape index (κ3) is 2.47. The van der Waals surface area contributed by atoms with E-state index in [1.807, 2.05) is 48.2 Å². The Kier molecular flexibility index (Phi) is 3.89. The van der Waals surface area contributed by atoms with E-state index in [1.54, 1.807) is 0 Å². The van der Waals surface area contributed by atoms with Crippen molar-refractivity contribution in [3.8, 4) is 12.3 Å². The summed E-state index contributed by atoms with van der Waals surface area (Å²) in [6.45, 7) is 6.61. The fourth-order valence-corrected chi connectivity index (χ4v) is 2.31. The molecule has 0 saturated carbocycles. The van der Waals surface area contributed by atoms with Gasteiger partial charge < -0.3 is 10.0 Å². The summed E-state index contributed by atoms with van der Waals surface area (Å²) >= 11 is 0. The topological polar surface area (TPSA) is 23.5 Å². The van der Waals surface area contributed by atoms with E-state index in [2.05, 4.69) is 12.5 Å². The predicted molar refractivity (Wildman–Crippen MR) is 78.9 cm³/mol. The number of terminal acetylenes is 1. The molecule has 2 nitrogen and oxygen atoms in total. The Labute approximate surface area is 114 Å². The Morgan fingerprint density at radius 2 is 2.00 bits per heavy atom. The van der Waals surface area contributed by atoms with Crippen LogP contribution < -0.4 is 0 Å². The zero-order valence-corrected chi connectivity index (χ0v) is 11.1. The van der Waals surface area contributed by atoms with Crippen LogP contribution in [0, 0.1) is 12.3 Å². The van der Waals surface area contributed by atoms with E-state index in [0.717, 1.165) is 28.1 Å². The lowest BCUT2D eigenvalue weighted by Gasteiger charge is -2.33. The second-order valence-corrected chi connectivity index (χ2v) is 4.42. The zero-order chi connectivity index (χ0) is 13.8. The summed E-state index contributed by atoms with van der Waals surface area (Å²) in [7, 11) is 0. The van der Waals surface area contributed by atoms with Crippen LogP contribution >= 0.6 is 0 Å². The van der Waals surface area contributed by atoms with Crippen molar-refractivity contribution in [1.82, 2.24) is 4.90 Å². The summed E-state index contributed by atoms with van der Waals surface area (Å²) in [5.41, 5.74) is 4.77. The van der Waals surface area contributed by atoms with Crippen molar-refractivity contribution < 1.29 is 5.11 Å². The van der Waals surface area contributed by atoms with Crippen molar-refractivity contribution >= 4 is 5.70 Å². The highest BCUT2D eigenvalue weighted by atomic mass is 16.3. The van der Waals surface area contributed by atoms with Crippen LogP contribution in [0.1, 0.15) is 12.5 Å². The van der Waals surface area contributed by atoms with Crippen LogP contribution in [0.15, 0.2) is 59.8 Å². The van der Waals surface area contributed by atoms with Crippen LogP contribution in [0.25, 0.3) is 5.70 Å². The first-order valence-electron chi connectivity index (χ1n) is 6.21. The molecular formula is C17H17NO. The van der Waals surface area contributed by atoms with Crippen molar-refractivity contribution in [3.63, 3.8) is 0 Å². The number of allylic oxidation sites excluding steroid dienone is 3. The first-order valence-corrected chi connectivity index (χ1v) is 6.21. The largest absolute Gasteiger partial charge is 0.395 e. The van der Waals surface area contributed by atoms with Gasteiger partial charge in [0.05, 0.1) is 12.3 Å². The normalized spacial score (nSPS) is 15.3. The molecule has 0 spiro atoms. The minimum absolute atomic E-state index is 0.0560. The summed E-state index contributed by atoms with van der Waals surface area (Å²) in [4.78, 5) is 1.99. The molecule has 0 aliphatic carbocycles. The van der Waals surface area contributed by atoms with E-state index in [4.69, 9.17) is 6.42 Å². The van der Waals surface area contributed by atoms with Gasteiger partial charge in [0.2, 0.25) is 0 Å². The van der Waals surface area contributed by atoms with Crippen molar-refractivity contribution in [2.45, 2.75) is 6.92 Å². The molecule has 0 fully saturated rings. The van der Waals surface area contributed by atoms with Crippen LogP contribution in [0.2, 0.25) is 0 Å². The molecule has 2 heteroatoms. The van der Waals surface area contributed by atoms with Crippen LogP contribution in [0.3, 0.4) is 0 Å². The number of aliphatic hydroxyl groups is 1. The molecule has 1 N–H and O–H groups in total. The smallest absolute Gasteiger partial charge is 0.0610 e. The van der Waals surface area contributed by atoms with Gasteiger partial charge >= 0.3 is 0 Å². The number of benzene rings is 1. The van der Waals surface area contributed by atoms with Gasteiger partial charge in [-0.1, -0.05) is 42.8 Å². The molecule has 96 valence electrons. The van der Waals surface area contributed by atoms with E-state index in [9.17, 15) is 5.11 Å². The molecule has 0 atom stereocenters. The molecule has 1 heterocycles. The van der Waals surface area contributed by atoms with Crippen molar-refractivity contribution in [1.29, 1.82) is 0 Å². The van der Waals surface area contributed by atoms with Crippen molar-refractivity contribution in [2.75, 3.05) is 13.2 Å². The maximum absolute atomic E-state index is 9.27. The number of hydrogen-bond acceptors (Lipinski definition) is 2. The second kappa shape index (κ2) is 5.60. The van der Waals surface area contributed by atoms with Gasteiger partial charge in [-0.25, -0.2) is 0 Å².